The highest BCUT2D eigenvalue weighted by Crippen LogP contribution is 2.18. The third-order valence-corrected chi connectivity index (χ3v) is 3.15. The summed E-state index contributed by atoms with van der Waals surface area (Å²) in [5.74, 6) is 0.669. The maximum Gasteiger partial charge on any atom is 0.168 e. The van der Waals surface area contributed by atoms with Gasteiger partial charge in [-0.25, -0.2) is 4.98 Å². The second kappa shape index (κ2) is 6.12. The molecule has 1 aromatic heterocycles. The van der Waals surface area contributed by atoms with Crippen LogP contribution >= 0.6 is 11.8 Å². The summed E-state index contributed by atoms with van der Waals surface area (Å²) < 4.78 is 12.0. The summed E-state index contributed by atoms with van der Waals surface area (Å²) in [6.45, 7) is 0.00203. The van der Waals surface area contributed by atoms with E-state index in [0.29, 0.717) is 5.75 Å². The van der Waals surface area contributed by atoms with Crippen LogP contribution in [0.4, 0.5) is 0 Å². The molecule has 0 saturated heterocycles. The van der Waals surface area contributed by atoms with Gasteiger partial charge in [-0.2, -0.15) is 0 Å². The molecule has 0 aliphatic carbocycles. The van der Waals surface area contributed by atoms with E-state index in [-0.39, 0.29) is 12.9 Å². The van der Waals surface area contributed by atoms with Gasteiger partial charge in [-0.15, -0.1) is 0 Å². The van der Waals surface area contributed by atoms with E-state index in [2.05, 4.69) is 4.98 Å². The summed E-state index contributed by atoms with van der Waals surface area (Å²) >= 11 is 1.53. The third-order valence-electron chi connectivity index (χ3n) is 2.08. The molecule has 1 N–H and O–H groups in total. The number of hydrogen-bond donors (Lipinski definition) is 1. The van der Waals surface area contributed by atoms with Gasteiger partial charge < -0.3 is 19.1 Å². The molecule has 0 aliphatic heterocycles. The molecule has 0 aromatic carbocycles. The van der Waals surface area contributed by atoms with Crippen molar-refractivity contribution in [3.63, 3.8) is 0 Å². The van der Waals surface area contributed by atoms with Gasteiger partial charge in [-0.05, 0) is 0 Å². The van der Waals surface area contributed by atoms with Crippen molar-refractivity contribution in [3.05, 3.63) is 11.9 Å². The standard InChI is InChI=1S/C9H16N2O3S/c1-11-7(5-12)4-10-9(11)15-6-8(13-2)14-3/h4,8,12H,5-6H2,1-3H3. The van der Waals surface area contributed by atoms with Crippen LogP contribution in [0, 0.1) is 0 Å². The van der Waals surface area contributed by atoms with Crippen LogP contribution in [0.25, 0.3) is 0 Å². The summed E-state index contributed by atoms with van der Waals surface area (Å²) in [6, 6.07) is 0. The molecule has 0 unspecified atom stereocenters. The monoisotopic (exact) mass is 232 g/mol. The average Bonchev–Trinajstić information content (AvgIpc) is 2.61. The molecular formula is C9H16N2O3S. The van der Waals surface area contributed by atoms with Crippen LogP contribution in [0.5, 0.6) is 0 Å². The highest BCUT2D eigenvalue weighted by atomic mass is 32.2. The molecule has 0 radical (unpaired) electrons. The zero-order chi connectivity index (χ0) is 11.3. The lowest BCUT2D eigenvalue weighted by atomic mass is 10.5. The molecule has 86 valence electrons. The van der Waals surface area contributed by atoms with Gasteiger partial charge in [0.2, 0.25) is 0 Å². The van der Waals surface area contributed by atoms with E-state index >= 15 is 0 Å². The van der Waals surface area contributed by atoms with Gasteiger partial charge in [0.05, 0.1) is 24.3 Å². The normalized spacial score (nSPS) is 11.3. The van der Waals surface area contributed by atoms with Gasteiger partial charge in [-0.3, -0.25) is 0 Å². The summed E-state index contributed by atoms with van der Waals surface area (Å²) in [5.41, 5.74) is 0.795. The van der Waals surface area contributed by atoms with Crippen LogP contribution in [0.2, 0.25) is 0 Å². The number of nitrogens with zero attached hydrogens (tertiary/aromatic N) is 2. The lowest BCUT2D eigenvalue weighted by molar-refractivity contribution is -0.0842. The molecule has 1 aromatic rings. The van der Waals surface area contributed by atoms with Gasteiger partial charge >= 0.3 is 0 Å². The Morgan fingerprint density at radius 1 is 1.53 bits per heavy atom. The summed E-state index contributed by atoms with van der Waals surface area (Å²) in [5, 5.41) is 9.83. The molecule has 0 bridgehead atoms. The van der Waals surface area contributed by atoms with E-state index in [0.717, 1.165) is 10.9 Å². The topological polar surface area (TPSA) is 56.5 Å². The molecular weight excluding hydrogens is 216 g/mol. The zero-order valence-electron chi connectivity index (χ0n) is 9.14. The van der Waals surface area contributed by atoms with Crippen molar-refractivity contribution in [1.82, 2.24) is 9.55 Å². The minimum absolute atomic E-state index is 0.00203. The predicted octanol–water partition coefficient (Wildman–Crippen LogP) is 0.623. The number of aliphatic hydroxyl groups is 1. The molecule has 6 heteroatoms. The number of aromatic nitrogens is 2. The fourth-order valence-corrected chi connectivity index (χ4v) is 2.08. The molecule has 0 atom stereocenters. The quantitative estimate of drug-likeness (QED) is 0.575. The van der Waals surface area contributed by atoms with Gasteiger partial charge in [0.1, 0.15) is 0 Å². The van der Waals surface area contributed by atoms with Crippen molar-refractivity contribution in [2.75, 3.05) is 20.0 Å². The Morgan fingerprint density at radius 3 is 2.67 bits per heavy atom. The number of aliphatic hydroxyl groups excluding tert-OH is 1. The first kappa shape index (κ1) is 12.5. The van der Waals surface area contributed by atoms with Crippen LogP contribution in [-0.2, 0) is 23.1 Å². The lowest BCUT2D eigenvalue weighted by Crippen LogP contribution is -2.16. The molecule has 0 saturated carbocycles. The molecule has 0 aliphatic rings. The average molecular weight is 232 g/mol. The fraction of sp³-hybridized carbons (Fsp3) is 0.667. The van der Waals surface area contributed by atoms with E-state index in [4.69, 9.17) is 14.6 Å². The summed E-state index contributed by atoms with van der Waals surface area (Å²) in [6.07, 6.45) is 1.43. The zero-order valence-corrected chi connectivity index (χ0v) is 9.95. The van der Waals surface area contributed by atoms with Gasteiger partial charge in [-0.1, -0.05) is 11.8 Å². The summed E-state index contributed by atoms with van der Waals surface area (Å²) in [4.78, 5) is 4.18. The van der Waals surface area contributed by atoms with Crippen LogP contribution in [0.15, 0.2) is 11.4 Å². The Balaban J connectivity index is 2.53. The first-order valence-electron chi connectivity index (χ1n) is 4.52. The molecule has 0 amide bonds. The molecule has 15 heavy (non-hydrogen) atoms. The maximum atomic E-state index is 8.98. The SMILES string of the molecule is COC(CSc1ncc(CO)n1C)OC. The second-order valence-electron chi connectivity index (χ2n) is 2.96. The first-order chi connectivity index (χ1) is 7.22. The van der Waals surface area contributed by atoms with Crippen molar-refractivity contribution in [2.24, 2.45) is 7.05 Å². The van der Waals surface area contributed by atoms with E-state index in [1.807, 2.05) is 11.6 Å². The third kappa shape index (κ3) is 3.20. The Bertz CT molecular complexity index is 300. The fourth-order valence-electron chi connectivity index (χ4n) is 1.08. The molecule has 1 heterocycles. The summed E-state index contributed by atoms with van der Waals surface area (Å²) in [7, 11) is 5.08. The van der Waals surface area contributed by atoms with Crippen LogP contribution in [0.3, 0.4) is 0 Å². The van der Waals surface area contributed by atoms with Gasteiger partial charge in [0.15, 0.2) is 11.4 Å². The minimum atomic E-state index is -0.232. The van der Waals surface area contributed by atoms with Crippen LogP contribution in [-0.4, -0.2) is 40.9 Å². The van der Waals surface area contributed by atoms with E-state index in [9.17, 15) is 0 Å². The Labute approximate surface area is 93.4 Å². The van der Waals surface area contributed by atoms with E-state index in [1.165, 1.54) is 11.8 Å². The Morgan fingerprint density at radius 2 is 2.20 bits per heavy atom. The molecule has 0 spiro atoms. The van der Waals surface area contributed by atoms with Crippen molar-refractivity contribution in [3.8, 4) is 0 Å². The Kier molecular flexibility index (Phi) is 5.10. The smallest absolute Gasteiger partial charge is 0.168 e. The number of thioether (sulfide) groups is 1. The van der Waals surface area contributed by atoms with Gasteiger partial charge in [0.25, 0.3) is 0 Å². The highest BCUT2D eigenvalue weighted by Gasteiger charge is 2.10. The largest absolute Gasteiger partial charge is 0.390 e. The number of imidazole rings is 1. The Hall–Kier alpha value is -0.560. The molecule has 5 nitrogen and oxygen atoms in total. The number of hydrogen-bond acceptors (Lipinski definition) is 5. The van der Waals surface area contributed by atoms with Gasteiger partial charge in [0, 0.05) is 21.3 Å². The maximum absolute atomic E-state index is 8.98. The lowest BCUT2D eigenvalue weighted by Gasteiger charge is -2.12. The van der Waals surface area contributed by atoms with Crippen LogP contribution < -0.4 is 0 Å². The van der Waals surface area contributed by atoms with E-state index < -0.39 is 0 Å². The highest BCUT2D eigenvalue weighted by molar-refractivity contribution is 7.99. The van der Waals surface area contributed by atoms with Crippen LogP contribution in [0.1, 0.15) is 5.69 Å². The van der Waals surface area contributed by atoms with Crippen molar-refractivity contribution in [1.29, 1.82) is 0 Å². The van der Waals surface area contributed by atoms with Crippen molar-refractivity contribution >= 4 is 11.8 Å². The van der Waals surface area contributed by atoms with Crippen molar-refractivity contribution in [2.45, 2.75) is 18.1 Å². The number of methoxy groups -OCH3 is 2. The predicted molar refractivity (Wildman–Crippen MR) is 57.7 cm³/mol. The number of rotatable bonds is 6. The molecule has 0 fully saturated rings. The van der Waals surface area contributed by atoms with E-state index in [1.54, 1.807) is 20.4 Å². The first-order valence-corrected chi connectivity index (χ1v) is 5.51. The molecule has 1 rings (SSSR count). The number of ether oxygens (including phenoxy) is 2. The minimum Gasteiger partial charge on any atom is -0.390 e. The van der Waals surface area contributed by atoms with Crippen molar-refractivity contribution < 1.29 is 14.6 Å². The second-order valence-corrected chi connectivity index (χ2v) is 3.95.